The van der Waals surface area contributed by atoms with Crippen LogP contribution in [0.15, 0.2) is 55.0 Å². The van der Waals surface area contributed by atoms with Gasteiger partial charge in [0.2, 0.25) is 0 Å². The zero-order valence-corrected chi connectivity index (χ0v) is 20.2. The van der Waals surface area contributed by atoms with Crippen LogP contribution in [0.3, 0.4) is 0 Å². The Morgan fingerprint density at radius 2 is 1.97 bits per heavy atom. The SMILES string of the molecule is CC#CCN(C)Cc1nc(-c2ccc(C(=O)Nc3cc(CCC)ccn3)cc2)c2c(N)nccn12. The van der Waals surface area contributed by atoms with Gasteiger partial charge in [-0.05, 0) is 50.2 Å². The molecule has 35 heavy (non-hydrogen) atoms. The number of carbonyl (C=O) groups is 1. The molecule has 0 spiro atoms. The van der Waals surface area contributed by atoms with Gasteiger partial charge >= 0.3 is 0 Å². The molecule has 0 saturated carbocycles. The molecule has 8 heteroatoms. The standard InChI is InChI=1S/C27H29N7O/c1-4-6-15-33(3)18-23-32-24(25-26(28)30-14-16-34(23)25)20-8-10-21(11-9-20)27(35)31-22-17-19(7-5-2)12-13-29-22/h8-14,16-17H,5,7,15,18H2,1-3H3,(H2,28,30)(H,29,31,35). The fourth-order valence-corrected chi connectivity index (χ4v) is 3.90. The highest BCUT2D eigenvalue weighted by Crippen LogP contribution is 2.28. The van der Waals surface area contributed by atoms with Gasteiger partial charge in [0.1, 0.15) is 28.7 Å². The number of nitrogens with zero attached hydrogens (tertiary/aromatic N) is 5. The minimum absolute atomic E-state index is 0.215. The number of nitrogens with two attached hydrogens (primary N) is 1. The highest BCUT2D eigenvalue weighted by molar-refractivity contribution is 6.04. The summed E-state index contributed by atoms with van der Waals surface area (Å²) in [4.78, 5) is 28.3. The molecule has 0 radical (unpaired) electrons. The van der Waals surface area contributed by atoms with Crippen molar-refractivity contribution in [2.24, 2.45) is 0 Å². The van der Waals surface area contributed by atoms with E-state index in [0.717, 1.165) is 41.0 Å². The number of aryl methyl sites for hydroxylation is 1. The minimum atomic E-state index is -0.215. The third-order valence-corrected chi connectivity index (χ3v) is 5.62. The largest absolute Gasteiger partial charge is 0.382 e. The number of carbonyl (C=O) groups excluding carboxylic acids is 1. The van der Waals surface area contributed by atoms with E-state index in [0.29, 0.717) is 30.3 Å². The first-order valence-corrected chi connectivity index (χ1v) is 11.6. The molecule has 0 saturated heterocycles. The van der Waals surface area contributed by atoms with Gasteiger partial charge in [-0.2, -0.15) is 0 Å². The molecule has 0 fully saturated rings. The molecule has 178 valence electrons. The summed E-state index contributed by atoms with van der Waals surface area (Å²) >= 11 is 0. The van der Waals surface area contributed by atoms with Crippen LogP contribution < -0.4 is 11.1 Å². The predicted octanol–water partition coefficient (Wildman–Crippen LogP) is 4.03. The molecule has 4 aromatic rings. The van der Waals surface area contributed by atoms with Crippen molar-refractivity contribution in [1.82, 2.24) is 24.3 Å². The molecule has 0 aliphatic carbocycles. The topological polar surface area (TPSA) is 101 Å². The Labute approximate surface area is 205 Å². The van der Waals surface area contributed by atoms with Gasteiger partial charge in [0.05, 0.1) is 13.1 Å². The number of imidazole rings is 1. The van der Waals surface area contributed by atoms with Gasteiger partial charge in [0.25, 0.3) is 5.91 Å². The van der Waals surface area contributed by atoms with Gasteiger partial charge in [-0.3, -0.25) is 14.1 Å². The molecule has 1 aromatic carbocycles. The lowest BCUT2D eigenvalue weighted by atomic mass is 10.1. The number of pyridine rings is 1. The number of benzene rings is 1. The average Bonchev–Trinajstić information content (AvgIpc) is 3.23. The van der Waals surface area contributed by atoms with Crippen molar-refractivity contribution in [3.63, 3.8) is 0 Å². The van der Waals surface area contributed by atoms with Crippen LogP contribution in [0.25, 0.3) is 16.8 Å². The summed E-state index contributed by atoms with van der Waals surface area (Å²) in [6, 6.07) is 11.2. The number of anilines is 2. The number of amides is 1. The second-order valence-electron chi connectivity index (χ2n) is 8.34. The van der Waals surface area contributed by atoms with Crippen LogP contribution in [0, 0.1) is 11.8 Å². The summed E-state index contributed by atoms with van der Waals surface area (Å²) < 4.78 is 1.96. The molecule has 3 heterocycles. The van der Waals surface area contributed by atoms with Gasteiger partial charge in [-0.25, -0.2) is 15.0 Å². The van der Waals surface area contributed by atoms with E-state index in [1.165, 1.54) is 0 Å². The lowest BCUT2D eigenvalue weighted by molar-refractivity contribution is 0.102. The molecule has 3 aromatic heterocycles. The zero-order valence-electron chi connectivity index (χ0n) is 20.2. The van der Waals surface area contributed by atoms with E-state index in [9.17, 15) is 4.79 Å². The first-order valence-electron chi connectivity index (χ1n) is 11.6. The summed E-state index contributed by atoms with van der Waals surface area (Å²) in [5.41, 5.74) is 10.2. The molecule has 8 nitrogen and oxygen atoms in total. The third kappa shape index (κ3) is 5.48. The van der Waals surface area contributed by atoms with Crippen molar-refractivity contribution in [2.45, 2.75) is 33.2 Å². The second-order valence-corrected chi connectivity index (χ2v) is 8.34. The maximum absolute atomic E-state index is 12.8. The fourth-order valence-electron chi connectivity index (χ4n) is 3.90. The highest BCUT2D eigenvalue weighted by Gasteiger charge is 2.17. The van der Waals surface area contributed by atoms with Gasteiger partial charge in [-0.1, -0.05) is 31.4 Å². The number of fused-ring (bicyclic) bond motifs is 1. The van der Waals surface area contributed by atoms with Crippen LogP contribution in [-0.4, -0.2) is 43.8 Å². The maximum atomic E-state index is 12.8. The first-order chi connectivity index (χ1) is 17.0. The van der Waals surface area contributed by atoms with Crippen molar-refractivity contribution >= 4 is 23.1 Å². The van der Waals surface area contributed by atoms with Gasteiger partial charge in [-0.15, -0.1) is 5.92 Å². The number of aromatic nitrogens is 4. The van der Waals surface area contributed by atoms with Gasteiger partial charge in [0, 0.05) is 29.7 Å². The summed E-state index contributed by atoms with van der Waals surface area (Å²) in [5.74, 6) is 7.55. The van der Waals surface area contributed by atoms with Gasteiger partial charge < -0.3 is 11.1 Å². The Morgan fingerprint density at radius 1 is 1.17 bits per heavy atom. The van der Waals surface area contributed by atoms with E-state index in [1.807, 2.05) is 48.8 Å². The predicted molar refractivity (Wildman–Crippen MR) is 139 cm³/mol. The lowest BCUT2D eigenvalue weighted by Gasteiger charge is -2.12. The van der Waals surface area contributed by atoms with E-state index in [-0.39, 0.29) is 5.91 Å². The third-order valence-electron chi connectivity index (χ3n) is 5.62. The quantitative estimate of drug-likeness (QED) is 0.379. The van der Waals surface area contributed by atoms with Crippen LogP contribution in [-0.2, 0) is 13.0 Å². The van der Waals surface area contributed by atoms with Crippen LogP contribution in [0.5, 0.6) is 0 Å². The fraction of sp³-hybridized carbons (Fsp3) is 0.259. The van der Waals surface area contributed by atoms with Crippen LogP contribution in [0.2, 0.25) is 0 Å². The molecule has 0 aliphatic heterocycles. The van der Waals surface area contributed by atoms with E-state index in [4.69, 9.17) is 10.7 Å². The summed E-state index contributed by atoms with van der Waals surface area (Å²) in [5, 5.41) is 2.88. The monoisotopic (exact) mass is 467 g/mol. The number of hydrogen-bond donors (Lipinski definition) is 2. The van der Waals surface area contributed by atoms with Crippen LogP contribution in [0.4, 0.5) is 11.6 Å². The summed E-state index contributed by atoms with van der Waals surface area (Å²) in [6.07, 6.45) is 7.22. The first kappa shape index (κ1) is 23.9. The van der Waals surface area contributed by atoms with Crippen molar-refractivity contribution < 1.29 is 4.79 Å². The molecular formula is C27H29N7O. The summed E-state index contributed by atoms with van der Waals surface area (Å²) in [7, 11) is 2.00. The summed E-state index contributed by atoms with van der Waals surface area (Å²) in [6.45, 7) is 5.19. The Balaban J connectivity index is 1.59. The number of hydrogen-bond acceptors (Lipinski definition) is 6. The molecule has 0 aliphatic rings. The van der Waals surface area contributed by atoms with Crippen LogP contribution >= 0.6 is 0 Å². The van der Waals surface area contributed by atoms with E-state index in [1.54, 1.807) is 24.5 Å². The normalized spacial score (nSPS) is 10.9. The zero-order chi connectivity index (χ0) is 24.8. The van der Waals surface area contributed by atoms with Crippen molar-refractivity contribution in [3.8, 4) is 23.1 Å². The smallest absolute Gasteiger partial charge is 0.256 e. The minimum Gasteiger partial charge on any atom is -0.382 e. The molecule has 4 rings (SSSR count). The van der Waals surface area contributed by atoms with E-state index >= 15 is 0 Å². The van der Waals surface area contributed by atoms with Gasteiger partial charge in [0.15, 0.2) is 0 Å². The Hall–Kier alpha value is -4.22. The number of nitrogen functional groups attached to an aromatic ring is 1. The lowest BCUT2D eigenvalue weighted by Crippen LogP contribution is -2.19. The highest BCUT2D eigenvalue weighted by atomic mass is 16.1. The van der Waals surface area contributed by atoms with Crippen LogP contribution in [0.1, 0.15) is 42.0 Å². The Bertz CT molecular complexity index is 1400. The molecular weight excluding hydrogens is 438 g/mol. The molecule has 0 unspecified atom stereocenters. The van der Waals surface area contributed by atoms with Crippen molar-refractivity contribution in [1.29, 1.82) is 0 Å². The second kappa shape index (κ2) is 10.8. The maximum Gasteiger partial charge on any atom is 0.256 e. The molecule has 0 atom stereocenters. The average molecular weight is 468 g/mol. The Kier molecular flexibility index (Phi) is 7.38. The van der Waals surface area contributed by atoms with Crippen molar-refractivity contribution in [3.05, 3.63) is 71.9 Å². The number of nitrogens with one attached hydrogen (secondary N) is 1. The molecule has 1 amide bonds. The van der Waals surface area contributed by atoms with Crippen molar-refractivity contribution in [2.75, 3.05) is 24.6 Å². The Morgan fingerprint density at radius 3 is 2.71 bits per heavy atom. The van der Waals surface area contributed by atoms with E-state index in [2.05, 4.69) is 38.9 Å². The molecule has 3 N–H and O–H groups in total. The van der Waals surface area contributed by atoms with E-state index < -0.39 is 0 Å². The molecule has 0 bridgehead atoms. The number of rotatable bonds is 8.